The van der Waals surface area contributed by atoms with Gasteiger partial charge in [-0.15, -0.1) is 16.4 Å². The van der Waals surface area contributed by atoms with Crippen LogP contribution in [0.15, 0.2) is 34.9 Å². The van der Waals surface area contributed by atoms with E-state index in [2.05, 4.69) is 39.3 Å². The second-order valence-corrected chi connectivity index (χ2v) is 6.30. The topological polar surface area (TPSA) is 95.7 Å². The molecule has 0 atom stereocenters. The number of fused-ring (bicyclic) bond motifs is 1. The van der Waals surface area contributed by atoms with Crippen molar-refractivity contribution in [2.75, 3.05) is 5.73 Å². The van der Waals surface area contributed by atoms with Crippen LogP contribution in [0.2, 0.25) is 0 Å². The molecule has 23 heavy (non-hydrogen) atoms. The highest BCUT2D eigenvalue weighted by Crippen LogP contribution is 2.26. The molecule has 8 heteroatoms. The van der Waals surface area contributed by atoms with Crippen LogP contribution in [0.3, 0.4) is 0 Å². The molecular formula is C15H14N6OS. The Morgan fingerprint density at radius 3 is 2.83 bits per heavy atom. The Hall–Kier alpha value is -2.74. The van der Waals surface area contributed by atoms with E-state index in [1.54, 1.807) is 28.3 Å². The first-order valence-corrected chi connectivity index (χ1v) is 8.04. The summed E-state index contributed by atoms with van der Waals surface area (Å²) in [6.07, 6.45) is 2.61. The first-order chi connectivity index (χ1) is 11.2. The van der Waals surface area contributed by atoms with Crippen molar-refractivity contribution in [1.82, 2.24) is 25.0 Å². The first-order valence-electron chi connectivity index (χ1n) is 7.22. The molecule has 0 fully saturated rings. The molecule has 0 saturated carbocycles. The molecule has 7 nitrogen and oxygen atoms in total. The third kappa shape index (κ3) is 2.46. The fourth-order valence-corrected chi connectivity index (χ4v) is 3.35. The molecule has 2 N–H and O–H groups in total. The number of nitrogens with two attached hydrogens (primary N) is 1. The van der Waals surface area contributed by atoms with E-state index in [4.69, 9.17) is 10.2 Å². The number of anilines is 1. The molecule has 0 unspecified atom stereocenters. The van der Waals surface area contributed by atoms with Gasteiger partial charge in [-0.3, -0.25) is 0 Å². The standard InChI is InChI=1S/C15H14N6OS/c1-2-9-5-6-10(23-9)8-21-14-13(19-20-21)12(17-15(16)18-14)11-4-3-7-22-11/h3-7H,2,8H2,1H3,(H2,16,17,18). The van der Waals surface area contributed by atoms with Crippen LogP contribution in [-0.2, 0) is 13.0 Å². The van der Waals surface area contributed by atoms with Gasteiger partial charge in [0.2, 0.25) is 5.95 Å². The number of rotatable bonds is 4. The van der Waals surface area contributed by atoms with Gasteiger partial charge in [0.15, 0.2) is 16.9 Å². The highest BCUT2D eigenvalue weighted by molar-refractivity contribution is 7.11. The van der Waals surface area contributed by atoms with Gasteiger partial charge in [-0.05, 0) is 30.7 Å². The van der Waals surface area contributed by atoms with E-state index in [1.807, 2.05) is 6.07 Å². The van der Waals surface area contributed by atoms with E-state index in [0.717, 1.165) is 6.42 Å². The second kappa shape index (κ2) is 5.47. The summed E-state index contributed by atoms with van der Waals surface area (Å²) in [6.45, 7) is 2.75. The van der Waals surface area contributed by atoms with Gasteiger partial charge in [0.25, 0.3) is 0 Å². The number of hydrogen-bond donors (Lipinski definition) is 1. The quantitative estimate of drug-likeness (QED) is 0.619. The minimum absolute atomic E-state index is 0.174. The van der Waals surface area contributed by atoms with Crippen molar-refractivity contribution in [2.24, 2.45) is 0 Å². The monoisotopic (exact) mass is 326 g/mol. The van der Waals surface area contributed by atoms with Crippen molar-refractivity contribution in [3.05, 3.63) is 40.3 Å². The molecule has 0 radical (unpaired) electrons. The summed E-state index contributed by atoms with van der Waals surface area (Å²) in [4.78, 5) is 11.1. The second-order valence-electron chi connectivity index (χ2n) is 5.05. The Labute approximate surface area is 135 Å². The third-order valence-electron chi connectivity index (χ3n) is 3.51. The largest absolute Gasteiger partial charge is 0.463 e. The molecule has 4 aromatic heterocycles. The first kappa shape index (κ1) is 13.9. The molecule has 0 bridgehead atoms. The lowest BCUT2D eigenvalue weighted by atomic mass is 10.3. The molecule has 0 aliphatic carbocycles. The van der Waals surface area contributed by atoms with Crippen LogP contribution in [0.25, 0.3) is 22.6 Å². The van der Waals surface area contributed by atoms with Gasteiger partial charge in [0, 0.05) is 9.75 Å². The molecule has 4 heterocycles. The van der Waals surface area contributed by atoms with Gasteiger partial charge >= 0.3 is 0 Å². The molecule has 116 valence electrons. The van der Waals surface area contributed by atoms with Gasteiger partial charge in [-0.2, -0.15) is 4.98 Å². The van der Waals surface area contributed by atoms with E-state index in [-0.39, 0.29) is 5.95 Å². The lowest BCUT2D eigenvalue weighted by molar-refractivity contribution is 0.580. The maximum atomic E-state index is 5.85. The summed E-state index contributed by atoms with van der Waals surface area (Å²) >= 11 is 1.76. The molecule has 0 amide bonds. The summed E-state index contributed by atoms with van der Waals surface area (Å²) in [7, 11) is 0. The van der Waals surface area contributed by atoms with Gasteiger partial charge in [0.05, 0.1) is 12.8 Å². The normalized spacial score (nSPS) is 11.3. The molecule has 0 aromatic carbocycles. The molecule has 4 aromatic rings. The van der Waals surface area contributed by atoms with Gasteiger partial charge in [-0.25, -0.2) is 9.67 Å². The highest BCUT2D eigenvalue weighted by Gasteiger charge is 2.17. The van der Waals surface area contributed by atoms with Gasteiger partial charge in [-0.1, -0.05) is 12.1 Å². The van der Waals surface area contributed by atoms with E-state index in [9.17, 15) is 0 Å². The van der Waals surface area contributed by atoms with Crippen LogP contribution in [0.5, 0.6) is 0 Å². The summed E-state index contributed by atoms with van der Waals surface area (Å²) in [5, 5.41) is 8.43. The number of aryl methyl sites for hydroxylation is 1. The zero-order valence-corrected chi connectivity index (χ0v) is 13.2. The zero-order chi connectivity index (χ0) is 15.8. The minimum atomic E-state index is 0.174. The summed E-state index contributed by atoms with van der Waals surface area (Å²) in [5.74, 6) is 0.772. The van der Waals surface area contributed by atoms with Crippen molar-refractivity contribution in [2.45, 2.75) is 19.9 Å². The molecule has 0 saturated heterocycles. The molecule has 4 rings (SSSR count). The smallest absolute Gasteiger partial charge is 0.222 e. The Balaban J connectivity index is 1.80. The average Bonchev–Trinajstić information content (AvgIpc) is 3.28. The Kier molecular flexibility index (Phi) is 3.30. The van der Waals surface area contributed by atoms with Crippen molar-refractivity contribution in [3.63, 3.8) is 0 Å². The number of hydrogen-bond acceptors (Lipinski definition) is 7. The fraction of sp³-hybridized carbons (Fsp3) is 0.200. The Morgan fingerprint density at radius 1 is 1.22 bits per heavy atom. The van der Waals surface area contributed by atoms with Crippen LogP contribution in [0.4, 0.5) is 5.95 Å². The van der Waals surface area contributed by atoms with Crippen molar-refractivity contribution in [1.29, 1.82) is 0 Å². The van der Waals surface area contributed by atoms with Crippen molar-refractivity contribution >= 4 is 28.4 Å². The minimum Gasteiger partial charge on any atom is -0.463 e. The van der Waals surface area contributed by atoms with Crippen LogP contribution in [0, 0.1) is 0 Å². The molecule has 0 spiro atoms. The summed E-state index contributed by atoms with van der Waals surface area (Å²) in [6, 6.07) is 7.85. The maximum Gasteiger partial charge on any atom is 0.222 e. The number of thiophene rings is 1. The lowest BCUT2D eigenvalue weighted by Gasteiger charge is -2.02. The van der Waals surface area contributed by atoms with Crippen LogP contribution in [0.1, 0.15) is 16.7 Å². The van der Waals surface area contributed by atoms with Gasteiger partial charge < -0.3 is 10.2 Å². The number of furan rings is 1. The molecule has 0 aliphatic rings. The number of nitrogens with zero attached hydrogens (tertiary/aromatic N) is 5. The highest BCUT2D eigenvalue weighted by atomic mass is 32.1. The van der Waals surface area contributed by atoms with Crippen molar-refractivity contribution in [3.8, 4) is 11.5 Å². The maximum absolute atomic E-state index is 5.85. The number of aromatic nitrogens is 5. The van der Waals surface area contributed by atoms with Crippen LogP contribution < -0.4 is 5.73 Å². The lowest BCUT2D eigenvalue weighted by Crippen LogP contribution is -2.04. The van der Waals surface area contributed by atoms with Crippen molar-refractivity contribution < 1.29 is 4.42 Å². The third-order valence-corrected chi connectivity index (χ3v) is 4.72. The molecular weight excluding hydrogens is 312 g/mol. The number of nitrogen functional groups attached to an aromatic ring is 1. The van der Waals surface area contributed by atoms with E-state index in [1.165, 1.54) is 9.75 Å². The predicted octanol–water partition coefficient (Wildman–Crippen LogP) is 2.74. The van der Waals surface area contributed by atoms with Crippen LogP contribution in [-0.4, -0.2) is 25.0 Å². The van der Waals surface area contributed by atoms with E-state index >= 15 is 0 Å². The van der Waals surface area contributed by atoms with E-state index in [0.29, 0.717) is 29.2 Å². The fourth-order valence-electron chi connectivity index (χ4n) is 2.41. The average molecular weight is 326 g/mol. The zero-order valence-electron chi connectivity index (χ0n) is 12.4. The Bertz CT molecular complexity index is 956. The molecule has 0 aliphatic heterocycles. The summed E-state index contributed by atoms with van der Waals surface area (Å²) in [5.41, 5.74) is 7.60. The predicted molar refractivity (Wildman–Crippen MR) is 88.0 cm³/mol. The van der Waals surface area contributed by atoms with Gasteiger partial charge in [0.1, 0.15) is 5.69 Å². The van der Waals surface area contributed by atoms with Crippen LogP contribution >= 0.6 is 11.3 Å². The van der Waals surface area contributed by atoms with E-state index < -0.39 is 0 Å². The summed E-state index contributed by atoms with van der Waals surface area (Å²) < 4.78 is 7.15. The Morgan fingerprint density at radius 2 is 2.09 bits per heavy atom. The SMILES string of the molecule is CCc1ccc(Cn2nnc3c(-c4ccco4)nc(N)nc32)s1.